The fourth-order valence-electron chi connectivity index (χ4n) is 3.37. The first-order valence-electron chi connectivity index (χ1n) is 9.30. The Balaban J connectivity index is 0.00000225. The van der Waals surface area contributed by atoms with Crippen molar-refractivity contribution in [2.75, 3.05) is 50.2 Å². The van der Waals surface area contributed by atoms with Crippen LogP contribution in [-0.4, -0.2) is 49.9 Å². The van der Waals surface area contributed by atoms with E-state index < -0.39 is 0 Å². The molecular formula is C21H25ClN4O2. The van der Waals surface area contributed by atoms with Crippen LogP contribution in [0.1, 0.15) is 5.56 Å². The fourth-order valence-corrected chi connectivity index (χ4v) is 3.37. The Bertz CT molecular complexity index is 916. The number of morpholine rings is 1. The molecule has 2 heterocycles. The normalized spacial score (nSPS) is 13.8. The summed E-state index contributed by atoms with van der Waals surface area (Å²) in [6, 6.07) is 16.2. The Hall–Kier alpha value is -2.57. The lowest BCUT2D eigenvalue weighted by atomic mass is 10.1. The van der Waals surface area contributed by atoms with Crippen molar-refractivity contribution in [1.82, 2.24) is 9.97 Å². The third-order valence-electron chi connectivity index (χ3n) is 4.76. The molecule has 0 radical (unpaired) electrons. The number of nitrogens with one attached hydrogen (secondary N) is 1. The van der Waals surface area contributed by atoms with E-state index in [9.17, 15) is 0 Å². The number of benzene rings is 2. The van der Waals surface area contributed by atoms with Gasteiger partial charge in [0.2, 0.25) is 5.95 Å². The molecule has 0 amide bonds. The van der Waals surface area contributed by atoms with E-state index in [1.807, 2.05) is 36.4 Å². The van der Waals surface area contributed by atoms with Gasteiger partial charge in [-0.25, -0.2) is 4.98 Å². The van der Waals surface area contributed by atoms with E-state index in [-0.39, 0.29) is 12.4 Å². The molecular weight excluding hydrogens is 376 g/mol. The van der Waals surface area contributed by atoms with E-state index in [0.29, 0.717) is 5.95 Å². The maximum Gasteiger partial charge on any atom is 0.225 e. The Morgan fingerprint density at radius 2 is 1.79 bits per heavy atom. The largest absolute Gasteiger partial charge is 0.496 e. The Morgan fingerprint density at radius 1 is 1.04 bits per heavy atom. The molecule has 0 aliphatic carbocycles. The van der Waals surface area contributed by atoms with Gasteiger partial charge in [-0.3, -0.25) is 0 Å². The highest BCUT2D eigenvalue weighted by Crippen LogP contribution is 2.26. The van der Waals surface area contributed by atoms with Crippen LogP contribution in [0.5, 0.6) is 5.75 Å². The number of ether oxygens (including phenoxy) is 2. The van der Waals surface area contributed by atoms with Crippen LogP contribution in [0.3, 0.4) is 0 Å². The van der Waals surface area contributed by atoms with Gasteiger partial charge in [0.05, 0.1) is 25.8 Å². The van der Waals surface area contributed by atoms with Gasteiger partial charge in [0.1, 0.15) is 11.6 Å². The standard InChI is InChI=1S/C21H24N4O2.ClH/c1-26-19-9-5-2-6-16(19)10-11-22-21-23-18-8-4-3-7-17(18)20(24-21)25-12-14-27-15-13-25;/h2-9H,10-15H2,1H3,(H,22,23,24);1H. The van der Waals surface area contributed by atoms with Gasteiger partial charge in [0, 0.05) is 25.0 Å². The maximum atomic E-state index is 5.49. The molecule has 7 heteroatoms. The summed E-state index contributed by atoms with van der Waals surface area (Å²) in [4.78, 5) is 11.8. The quantitative estimate of drug-likeness (QED) is 0.682. The Labute approximate surface area is 171 Å². The average molecular weight is 401 g/mol. The third kappa shape index (κ3) is 4.46. The summed E-state index contributed by atoms with van der Waals surface area (Å²) in [5, 5.41) is 4.46. The van der Waals surface area contributed by atoms with E-state index in [0.717, 1.165) is 61.7 Å². The van der Waals surface area contributed by atoms with Crippen LogP contribution in [0.2, 0.25) is 0 Å². The highest BCUT2D eigenvalue weighted by atomic mass is 35.5. The van der Waals surface area contributed by atoms with Gasteiger partial charge in [-0.2, -0.15) is 4.98 Å². The van der Waals surface area contributed by atoms with Crippen molar-refractivity contribution in [3.05, 3.63) is 54.1 Å². The van der Waals surface area contributed by atoms with Gasteiger partial charge in [0.25, 0.3) is 0 Å². The lowest BCUT2D eigenvalue weighted by Crippen LogP contribution is -2.37. The SMILES string of the molecule is COc1ccccc1CCNc1nc(N2CCOCC2)c2ccccc2n1.Cl. The molecule has 2 aromatic carbocycles. The van der Waals surface area contributed by atoms with Crippen molar-refractivity contribution in [1.29, 1.82) is 0 Å². The Kier molecular flexibility index (Phi) is 6.90. The first-order chi connectivity index (χ1) is 13.3. The monoisotopic (exact) mass is 400 g/mol. The number of halogens is 1. The zero-order chi connectivity index (χ0) is 18.5. The van der Waals surface area contributed by atoms with E-state index in [1.54, 1.807) is 7.11 Å². The van der Waals surface area contributed by atoms with Crippen LogP contribution in [-0.2, 0) is 11.2 Å². The first kappa shape index (κ1) is 20.2. The molecule has 0 atom stereocenters. The van der Waals surface area contributed by atoms with Crippen LogP contribution < -0.4 is 15.0 Å². The molecule has 1 aliphatic rings. The number of hydrogen-bond donors (Lipinski definition) is 1. The number of methoxy groups -OCH3 is 1. The second kappa shape index (κ2) is 9.57. The van der Waals surface area contributed by atoms with Crippen LogP contribution in [0.25, 0.3) is 10.9 Å². The molecule has 0 saturated carbocycles. The molecule has 0 bridgehead atoms. The van der Waals surface area contributed by atoms with Gasteiger partial charge < -0.3 is 19.7 Å². The topological polar surface area (TPSA) is 59.5 Å². The minimum absolute atomic E-state index is 0. The molecule has 4 rings (SSSR count). The van der Waals surface area contributed by atoms with Gasteiger partial charge in [-0.1, -0.05) is 30.3 Å². The predicted octanol–water partition coefficient (Wildman–Crippen LogP) is 3.55. The molecule has 1 fully saturated rings. The predicted molar refractivity (Wildman–Crippen MR) is 115 cm³/mol. The second-order valence-electron chi connectivity index (χ2n) is 6.48. The van der Waals surface area contributed by atoms with Gasteiger partial charge in [-0.15, -0.1) is 12.4 Å². The highest BCUT2D eigenvalue weighted by molar-refractivity contribution is 5.90. The van der Waals surface area contributed by atoms with E-state index in [2.05, 4.69) is 22.3 Å². The molecule has 1 N–H and O–H groups in total. The lowest BCUT2D eigenvalue weighted by molar-refractivity contribution is 0.122. The maximum absolute atomic E-state index is 5.49. The van der Waals surface area contributed by atoms with Gasteiger partial charge >= 0.3 is 0 Å². The highest BCUT2D eigenvalue weighted by Gasteiger charge is 2.17. The summed E-state index contributed by atoms with van der Waals surface area (Å²) in [5.74, 6) is 2.54. The fraction of sp³-hybridized carbons (Fsp3) is 0.333. The molecule has 1 aromatic heterocycles. The molecule has 28 heavy (non-hydrogen) atoms. The van der Waals surface area contributed by atoms with Crippen LogP contribution >= 0.6 is 12.4 Å². The summed E-state index contributed by atoms with van der Waals surface area (Å²) in [6.45, 7) is 3.90. The van der Waals surface area contributed by atoms with E-state index >= 15 is 0 Å². The van der Waals surface area contributed by atoms with E-state index in [4.69, 9.17) is 19.4 Å². The van der Waals surface area contributed by atoms with Gasteiger partial charge in [0.15, 0.2) is 0 Å². The minimum Gasteiger partial charge on any atom is -0.496 e. The molecule has 148 valence electrons. The first-order valence-corrected chi connectivity index (χ1v) is 9.30. The smallest absolute Gasteiger partial charge is 0.225 e. The number of rotatable bonds is 6. The van der Waals surface area contributed by atoms with Crippen molar-refractivity contribution in [3.63, 3.8) is 0 Å². The number of para-hydroxylation sites is 2. The zero-order valence-corrected chi connectivity index (χ0v) is 16.7. The molecule has 0 spiro atoms. The van der Waals surface area contributed by atoms with Crippen molar-refractivity contribution in [2.24, 2.45) is 0 Å². The summed E-state index contributed by atoms with van der Waals surface area (Å²) >= 11 is 0. The lowest BCUT2D eigenvalue weighted by Gasteiger charge is -2.29. The van der Waals surface area contributed by atoms with Crippen LogP contribution in [0, 0.1) is 0 Å². The number of nitrogens with zero attached hydrogens (tertiary/aromatic N) is 3. The summed E-state index contributed by atoms with van der Waals surface area (Å²) in [6.07, 6.45) is 0.840. The Morgan fingerprint density at radius 3 is 2.61 bits per heavy atom. The number of aromatic nitrogens is 2. The van der Waals surface area contributed by atoms with Crippen molar-refractivity contribution >= 4 is 35.1 Å². The average Bonchev–Trinajstić information content (AvgIpc) is 2.74. The minimum atomic E-state index is 0. The number of hydrogen-bond acceptors (Lipinski definition) is 6. The zero-order valence-electron chi connectivity index (χ0n) is 15.9. The molecule has 1 saturated heterocycles. The summed E-state index contributed by atoms with van der Waals surface area (Å²) < 4.78 is 10.9. The molecule has 6 nitrogen and oxygen atoms in total. The molecule has 3 aromatic rings. The summed E-state index contributed by atoms with van der Waals surface area (Å²) in [5.41, 5.74) is 2.12. The van der Waals surface area contributed by atoms with Crippen molar-refractivity contribution in [2.45, 2.75) is 6.42 Å². The number of anilines is 2. The molecule has 0 unspecified atom stereocenters. The van der Waals surface area contributed by atoms with Crippen molar-refractivity contribution in [3.8, 4) is 5.75 Å². The van der Waals surface area contributed by atoms with Crippen LogP contribution in [0.15, 0.2) is 48.5 Å². The molecule has 1 aliphatic heterocycles. The summed E-state index contributed by atoms with van der Waals surface area (Å²) in [7, 11) is 1.70. The van der Waals surface area contributed by atoms with Crippen LogP contribution in [0.4, 0.5) is 11.8 Å². The van der Waals surface area contributed by atoms with Crippen molar-refractivity contribution < 1.29 is 9.47 Å². The van der Waals surface area contributed by atoms with E-state index in [1.165, 1.54) is 5.56 Å². The van der Waals surface area contributed by atoms with Gasteiger partial charge in [-0.05, 0) is 30.2 Å². The number of fused-ring (bicyclic) bond motifs is 1. The third-order valence-corrected chi connectivity index (χ3v) is 4.76. The second-order valence-corrected chi connectivity index (χ2v) is 6.48.